The minimum Gasteiger partial charge on any atom is -0.478 e. The largest absolute Gasteiger partial charge is 0.478 e. The van der Waals surface area contributed by atoms with Crippen LogP contribution in [0.3, 0.4) is 0 Å². The van der Waals surface area contributed by atoms with E-state index in [1.807, 2.05) is 6.92 Å². The Morgan fingerprint density at radius 3 is 3.14 bits per heavy atom. The number of carboxylic acids is 1. The van der Waals surface area contributed by atoms with Crippen molar-refractivity contribution in [1.29, 1.82) is 0 Å². The van der Waals surface area contributed by atoms with Gasteiger partial charge in [0, 0.05) is 36.3 Å². The molecule has 1 fully saturated rings. The van der Waals surface area contributed by atoms with Crippen LogP contribution in [0.25, 0.3) is 0 Å². The summed E-state index contributed by atoms with van der Waals surface area (Å²) < 4.78 is 0. The molecule has 0 spiro atoms. The van der Waals surface area contributed by atoms with Gasteiger partial charge in [-0.25, -0.2) is 9.78 Å². The van der Waals surface area contributed by atoms with Crippen LogP contribution in [0.1, 0.15) is 45.5 Å². The molecule has 0 bridgehead atoms. The summed E-state index contributed by atoms with van der Waals surface area (Å²) in [5.74, 6) is -0.461. The number of rotatable bonds is 4. The maximum Gasteiger partial charge on any atom is 0.337 e. The van der Waals surface area contributed by atoms with Crippen LogP contribution < -0.4 is 0 Å². The van der Waals surface area contributed by atoms with E-state index in [0.717, 1.165) is 31.6 Å². The lowest BCUT2D eigenvalue weighted by Gasteiger charge is -2.31. The fraction of sp³-hybridized carbons (Fsp3) is 0.438. The van der Waals surface area contributed by atoms with E-state index in [4.69, 9.17) is 0 Å². The van der Waals surface area contributed by atoms with Gasteiger partial charge in [-0.3, -0.25) is 9.88 Å². The Balaban J connectivity index is 1.72. The van der Waals surface area contributed by atoms with Gasteiger partial charge in [-0.1, -0.05) is 0 Å². The fourth-order valence-corrected chi connectivity index (χ4v) is 3.86. The van der Waals surface area contributed by atoms with E-state index in [2.05, 4.69) is 20.2 Å². The second-order valence-electron chi connectivity index (χ2n) is 5.70. The van der Waals surface area contributed by atoms with E-state index in [1.54, 1.807) is 29.7 Å². The highest BCUT2D eigenvalue weighted by Gasteiger charge is 2.24. The topological polar surface area (TPSA) is 66.3 Å². The van der Waals surface area contributed by atoms with Crippen molar-refractivity contribution in [3.63, 3.8) is 0 Å². The molecule has 2 aromatic heterocycles. The van der Waals surface area contributed by atoms with Gasteiger partial charge in [0.1, 0.15) is 0 Å². The number of aryl methyl sites for hydroxylation is 1. The predicted molar refractivity (Wildman–Crippen MR) is 85.3 cm³/mol. The number of hydrogen-bond acceptors (Lipinski definition) is 5. The number of piperidine rings is 1. The summed E-state index contributed by atoms with van der Waals surface area (Å²) in [7, 11) is 0. The van der Waals surface area contributed by atoms with Crippen molar-refractivity contribution in [2.75, 3.05) is 13.1 Å². The summed E-state index contributed by atoms with van der Waals surface area (Å²) >= 11 is 1.72. The van der Waals surface area contributed by atoms with Gasteiger partial charge in [0.2, 0.25) is 0 Å². The summed E-state index contributed by atoms with van der Waals surface area (Å²) in [5, 5.41) is 12.5. The van der Waals surface area contributed by atoms with Crippen molar-refractivity contribution < 1.29 is 9.90 Å². The Morgan fingerprint density at radius 2 is 2.41 bits per heavy atom. The maximum atomic E-state index is 11.3. The van der Waals surface area contributed by atoms with Crippen LogP contribution >= 0.6 is 11.3 Å². The van der Waals surface area contributed by atoms with E-state index in [1.165, 1.54) is 5.01 Å². The molecule has 6 heteroatoms. The molecule has 1 aliphatic rings. The van der Waals surface area contributed by atoms with E-state index < -0.39 is 5.97 Å². The molecule has 1 atom stereocenters. The van der Waals surface area contributed by atoms with E-state index in [-0.39, 0.29) is 0 Å². The van der Waals surface area contributed by atoms with Crippen LogP contribution in [0.4, 0.5) is 0 Å². The molecule has 0 aliphatic carbocycles. The summed E-state index contributed by atoms with van der Waals surface area (Å²) in [6.45, 7) is 4.51. The monoisotopic (exact) mass is 317 g/mol. The number of pyridine rings is 1. The van der Waals surface area contributed by atoms with E-state index in [9.17, 15) is 9.90 Å². The molecule has 0 radical (unpaired) electrons. The third kappa shape index (κ3) is 3.34. The number of aromatic nitrogens is 2. The van der Waals surface area contributed by atoms with Crippen LogP contribution in [-0.2, 0) is 6.54 Å². The number of carbonyl (C=O) groups is 1. The SMILES string of the molecule is Cc1csc([C@H]2CCCN(Cc3ncccc3C(=O)O)C2)n1. The number of likely N-dealkylation sites (tertiary alicyclic amines) is 1. The molecular formula is C16H19N3O2S. The zero-order chi connectivity index (χ0) is 15.5. The number of nitrogens with zero attached hydrogens (tertiary/aromatic N) is 3. The average Bonchev–Trinajstić information content (AvgIpc) is 2.94. The van der Waals surface area contributed by atoms with Crippen LogP contribution in [0.2, 0.25) is 0 Å². The lowest BCUT2D eigenvalue weighted by Crippen LogP contribution is -2.34. The fourth-order valence-electron chi connectivity index (χ4n) is 2.93. The highest BCUT2D eigenvalue weighted by Crippen LogP contribution is 2.29. The van der Waals surface area contributed by atoms with Gasteiger partial charge in [-0.05, 0) is 38.4 Å². The lowest BCUT2D eigenvalue weighted by atomic mass is 9.98. The Morgan fingerprint density at radius 1 is 1.55 bits per heavy atom. The molecule has 0 amide bonds. The summed E-state index contributed by atoms with van der Waals surface area (Å²) in [5.41, 5.74) is 2.02. The number of aromatic carboxylic acids is 1. The second kappa shape index (κ2) is 6.54. The number of thiazole rings is 1. The van der Waals surface area contributed by atoms with Gasteiger partial charge in [-0.15, -0.1) is 11.3 Å². The Hall–Kier alpha value is -1.79. The lowest BCUT2D eigenvalue weighted by molar-refractivity contribution is 0.0693. The molecular weight excluding hydrogens is 298 g/mol. The molecule has 5 nitrogen and oxygen atoms in total. The maximum absolute atomic E-state index is 11.3. The van der Waals surface area contributed by atoms with Crippen molar-refractivity contribution in [1.82, 2.24) is 14.9 Å². The summed E-state index contributed by atoms with van der Waals surface area (Å²) in [4.78, 5) is 22.4. The quantitative estimate of drug-likeness (QED) is 0.939. The van der Waals surface area contributed by atoms with Crippen molar-refractivity contribution in [3.8, 4) is 0 Å². The standard InChI is InChI=1S/C16H19N3O2S/c1-11-10-22-15(18-11)12-4-3-7-19(8-12)9-14-13(16(20)21)5-2-6-17-14/h2,5-6,10,12H,3-4,7-9H2,1H3,(H,20,21)/t12-/m0/s1. The summed E-state index contributed by atoms with van der Waals surface area (Å²) in [6, 6.07) is 3.29. The Labute approximate surface area is 133 Å². The Kier molecular flexibility index (Phi) is 4.49. The Bertz CT molecular complexity index is 671. The molecule has 1 aliphatic heterocycles. The average molecular weight is 317 g/mol. The van der Waals surface area contributed by atoms with Crippen molar-refractivity contribution in [2.45, 2.75) is 32.2 Å². The minimum atomic E-state index is -0.910. The molecule has 0 unspecified atom stereocenters. The summed E-state index contributed by atoms with van der Waals surface area (Å²) in [6.07, 6.45) is 3.92. The molecule has 1 N–H and O–H groups in total. The van der Waals surface area contributed by atoms with Crippen molar-refractivity contribution in [3.05, 3.63) is 45.7 Å². The predicted octanol–water partition coefficient (Wildman–Crippen LogP) is 2.92. The first-order valence-electron chi connectivity index (χ1n) is 7.45. The van der Waals surface area contributed by atoms with Crippen molar-refractivity contribution in [2.24, 2.45) is 0 Å². The molecule has 116 valence electrons. The molecule has 0 aromatic carbocycles. The van der Waals surface area contributed by atoms with Crippen LogP contribution in [-0.4, -0.2) is 39.0 Å². The van der Waals surface area contributed by atoms with Gasteiger partial charge in [0.25, 0.3) is 0 Å². The highest BCUT2D eigenvalue weighted by molar-refractivity contribution is 7.09. The second-order valence-corrected chi connectivity index (χ2v) is 6.59. The molecule has 22 heavy (non-hydrogen) atoms. The van der Waals surface area contributed by atoms with Gasteiger partial charge in [0.05, 0.1) is 16.3 Å². The van der Waals surface area contributed by atoms with Gasteiger partial charge < -0.3 is 5.11 Å². The van der Waals surface area contributed by atoms with Gasteiger partial charge >= 0.3 is 5.97 Å². The first-order valence-corrected chi connectivity index (χ1v) is 8.33. The normalized spacial score (nSPS) is 19.2. The third-order valence-electron chi connectivity index (χ3n) is 3.99. The third-order valence-corrected chi connectivity index (χ3v) is 5.11. The first-order chi connectivity index (χ1) is 10.6. The van der Waals surface area contributed by atoms with Crippen molar-refractivity contribution >= 4 is 17.3 Å². The van der Waals surface area contributed by atoms with Crippen LogP contribution in [0.5, 0.6) is 0 Å². The van der Waals surface area contributed by atoms with Crippen LogP contribution in [0, 0.1) is 6.92 Å². The molecule has 0 saturated carbocycles. The number of hydrogen-bond donors (Lipinski definition) is 1. The molecule has 3 rings (SSSR count). The number of carboxylic acid groups (broad SMARTS) is 1. The van der Waals surface area contributed by atoms with E-state index in [0.29, 0.717) is 23.7 Å². The molecule has 2 aromatic rings. The molecule has 1 saturated heterocycles. The zero-order valence-corrected chi connectivity index (χ0v) is 13.3. The van der Waals surface area contributed by atoms with E-state index >= 15 is 0 Å². The van der Waals surface area contributed by atoms with Gasteiger partial charge in [0.15, 0.2) is 0 Å². The minimum absolute atomic E-state index is 0.301. The van der Waals surface area contributed by atoms with Gasteiger partial charge in [-0.2, -0.15) is 0 Å². The highest BCUT2D eigenvalue weighted by atomic mass is 32.1. The molecule has 3 heterocycles. The first kappa shape index (κ1) is 15.1. The zero-order valence-electron chi connectivity index (χ0n) is 12.5. The smallest absolute Gasteiger partial charge is 0.337 e. The van der Waals surface area contributed by atoms with Crippen LogP contribution in [0.15, 0.2) is 23.7 Å².